The standard InChI is InChI=1S/C14H22O/c1-5-13(15)6-7-14-11(3)8-10(2)9-12(14)4/h6-8,11-12,14H,5,9H2,1-4H3/b7-6+. The van der Waals surface area contributed by atoms with Crippen LogP contribution in [0.5, 0.6) is 0 Å². The van der Waals surface area contributed by atoms with Gasteiger partial charge in [0.2, 0.25) is 0 Å². The van der Waals surface area contributed by atoms with E-state index in [1.54, 1.807) is 6.08 Å². The zero-order chi connectivity index (χ0) is 11.4. The van der Waals surface area contributed by atoms with Crippen LogP contribution in [-0.2, 0) is 4.79 Å². The molecule has 1 heteroatoms. The van der Waals surface area contributed by atoms with Gasteiger partial charge in [-0.15, -0.1) is 0 Å². The van der Waals surface area contributed by atoms with Crippen molar-refractivity contribution in [3.8, 4) is 0 Å². The highest BCUT2D eigenvalue weighted by atomic mass is 16.1. The Kier molecular flexibility index (Phi) is 4.31. The fraction of sp³-hybridized carbons (Fsp3) is 0.643. The predicted molar refractivity (Wildman–Crippen MR) is 64.6 cm³/mol. The Morgan fingerprint density at radius 1 is 1.53 bits per heavy atom. The van der Waals surface area contributed by atoms with Crippen LogP contribution >= 0.6 is 0 Å². The van der Waals surface area contributed by atoms with Gasteiger partial charge >= 0.3 is 0 Å². The average molecular weight is 206 g/mol. The molecule has 0 heterocycles. The minimum atomic E-state index is 0.237. The lowest BCUT2D eigenvalue weighted by Gasteiger charge is -2.30. The second-order valence-electron chi connectivity index (χ2n) is 4.81. The second-order valence-corrected chi connectivity index (χ2v) is 4.81. The van der Waals surface area contributed by atoms with Crippen molar-refractivity contribution >= 4 is 5.78 Å². The molecule has 1 aliphatic rings. The molecule has 0 saturated heterocycles. The summed E-state index contributed by atoms with van der Waals surface area (Å²) in [6.07, 6.45) is 8.00. The molecule has 3 atom stereocenters. The van der Waals surface area contributed by atoms with Crippen LogP contribution in [0.2, 0.25) is 0 Å². The molecule has 0 aromatic rings. The van der Waals surface area contributed by atoms with Crippen molar-refractivity contribution in [3.63, 3.8) is 0 Å². The van der Waals surface area contributed by atoms with Gasteiger partial charge in [-0.3, -0.25) is 4.79 Å². The number of ketones is 1. The van der Waals surface area contributed by atoms with E-state index < -0.39 is 0 Å². The molecular formula is C14H22O. The molecule has 3 unspecified atom stereocenters. The SMILES string of the molecule is CCC(=O)/C=C/C1C(C)C=C(C)CC1C. The molecule has 1 rings (SSSR count). The summed E-state index contributed by atoms with van der Waals surface area (Å²) >= 11 is 0. The van der Waals surface area contributed by atoms with E-state index >= 15 is 0 Å². The Bertz CT molecular complexity index is 286. The number of rotatable bonds is 3. The minimum absolute atomic E-state index is 0.237. The quantitative estimate of drug-likeness (QED) is 0.507. The number of hydrogen-bond acceptors (Lipinski definition) is 1. The van der Waals surface area contributed by atoms with Crippen LogP contribution in [0, 0.1) is 17.8 Å². The number of allylic oxidation sites excluding steroid dienone is 4. The van der Waals surface area contributed by atoms with Gasteiger partial charge in [0.1, 0.15) is 0 Å². The summed E-state index contributed by atoms with van der Waals surface area (Å²) in [6.45, 7) is 8.62. The van der Waals surface area contributed by atoms with Gasteiger partial charge < -0.3 is 0 Å². The molecule has 0 aromatic heterocycles. The highest BCUT2D eigenvalue weighted by Gasteiger charge is 2.24. The van der Waals surface area contributed by atoms with Crippen LogP contribution in [-0.4, -0.2) is 5.78 Å². The fourth-order valence-electron chi connectivity index (χ4n) is 2.49. The van der Waals surface area contributed by atoms with Crippen molar-refractivity contribution < 1.29 is 4.79 Å². The normalized spacial score (nSPS) is 31.7. The van der Waals surface area contributed by atoms with E-state index in [2.05, 4.69) is 32.9 Å². The lowest BCUT2D eigenvalue weighted by atomic mass is 9.75. The summed E-state index contributed by atoms with van der Waals surface area (Å²) in [7, 11) is 0. The smallest absolute Gasteiger partial charge is 0.155 e. The van der Waals surface area contributed by atoms with Crippen molar-refractivity contribution in [3.05, 3.63) is 23.8 Å². The third-order valence-corrected chi connectivity index (χ3v) is 3.31. The molecular weight excluding hydrogens is 184 g/mol. The molecule has 0 saturated carbocycles. The summed E-state index contributed by atoms with van der Waals surface area (Å²) in [5.74, 6) is 1.99. The average Bonchev–Trinajstić information content (AvgIpc) is 2.15. The van der Waals surface area contributed by atoms with Crippen molar-refractivity contribution in [2.75, 3.05) is 0 Å². The first-order valence-corrected chi connectivity index (χ1v) is 5.93. The molecule has 0 aromatic carbocycles. The van der Waals surface area contributed by atoms with Gasteiger partial charge in [0.15, 0.2) is 5.78 Å². The molecule has 0 spiro atoms. The topological polar surface area (TPSA) is 17.1 Å². The maximum Gasteiger partial charge on any atom is 0.155 e. The maximum atomic E-state index is 11.2. The highest BCUT2D eigenvalue weighted by Crippen LogP contribution is 2.34. The zero-order valence-corrected chi connectivity index (χ0v) is 10.3. The summed E-state index contributed by atoms with van der Waals surface area (Å²) < 4.78 is 0. The highest BCUT2D eigenvalue weighted by molar-refractivity contribution is 5.89. The van der Waals surface area contributed by atoms with Crippen LogP contribution in [0.3, 0.4) is 0 Å². The van der Waals surface area contributed by atoms with Crippen LogP contribution in [0.4, 0.5) is 0 Å². The Morgan fingerprint density at radius 3 is 2.73 bits per heavy atom. The molecule has 0 N–H and O–H groups in total. The Balaban J connectivity index is 2.69. The minimum Gasteiger partial charge on any atom is -0.295 e. The third-order valence-electron chi connectivity index (χ3n) is 3.31. The van der Waals surface area contributed by atoms with Gasteiger partial charge in [-0.25, -0.2) is 0 Å². The first kappa shape index (κ1) is 12.2. The van der Waals surface area contributed by atoms with Crippen LogP contribution in [0.25, 0.3) is 0 Å². The number of carbonyl (C=O) groups excluding carboxylic acids is 1. The van der Waals surface area contributed by atoms with E-state index in [0.717, 1.165) is 0 Å². The number of carbonyl (C=O) groups is 1. The Morgan fingerprint density at radius 2 is 2.20 bits per heavy atom. The van der Waals surface area contributed by atoms with Gasteiger partial charge in [-0.2, -0.15) is 0 Å². The summed E-state index contributed by atoms with van der Waals surface area (Å²) in [4.78, 5) is 11.2. The lowest BCUT2D eigenvalue weighted by Crippen LogP contribution is -2.21. The monoisotopic (exact) mass is 206 g/mol. The molecule has 0 bridgehead atoms. The van der Waals surface area contributed by atoms with E-state index in [9.17, 15) is 4.79 Å². The molecule has 15 heavy (non-hydrogen) atoms. The summed E-state index contributed by atoms with van der Waals surface area (Å²) in [5.41, 5.74) is 1.49. The lowest BCUT2D eigenvalue weighted by molar-refractivity contribution is -0.114. The van der Waals surface area contributed by atoms with Crippen LogP contribution in [0.15, 0.2) is 23.8 Å². The molecule has 1 nitrogen and oxygen atoms in total. The van der Waals surface area contributed by atoms with Crippen LogP contribution < -0.4 is 0 Å². The molecule has 0 radical (unpaired) electrons. The maximum absolute atomic E-state index is 11.2. The predicted octanol–water partition coefficient (Wildman–Crippen LogP) is 3.76. The molecule has 0 aliphatic heterocycles. The summed E-state index contributed by atoms with van der Waals surface area (Å²) in [5, 5.41) is 0. The molecule has 0 fully saturated rings. The van der Waals surface area contributed by atoms with Gasteiger partial charge in [0.05, 0.1) is 0 Å². The first-order valence-electron chi connectivity index (χ1n) is 5.93. The second kappa shape index (κ2) is 5.29. The van der Waals surface area contributed by atoms with Gasteiger partial charge in [0.25, 0.3) is 0 Å². The molecule has 1 aliphatic carbocycles. The van der Waals surface area contributed by atoms with E-state index in [0.29, 0.717) is 24.2 Å². The van der Waals surface area contributed by atoms with Gasteiger partial charge in [0, 0.05) is 6.42 Å². The molecule has 0 amide bonds. The molecule has 84 valence electrons. The number of hydrogen-bond donors (Lipinski definition) is 0. The van der Waals surface area contributed by atoms with E-state index in [-0.39, 0.29) is 5.78 Å². The van der Waals surface area contributed by atoms with Crippen molar-refractivity contribution in [1.29, 1.82) is 0 Å². The summed E-state index contributed by atoms with van der Waals surface area (Å²) in [6, 6.07) is 0. The third kappa shape index (κ3) is 3.33. The Labute approximate surface area is 93.3 Å². The van der Waals surface area contributed by atoms with E-state index in [1.807, 2.05) is 6.92 Å². The van der Waals surface area contributed by atoms with Crippen molar-refractivity contribution in [2.45, 2.75) is 40.5 Å². The van der Waals surface area contributed by atoms with Gasteiger partial charge in [-0.1, -0.05) is 38.5 Å². The van der Waals surface area contributed by atoms with Crippen molar-refractivity contribution in [2.24, 2.45) is 17.8 Å². The zero-order valence-electron chi connectivity index (χ0n) is 10.3. The van der Waals surface area contributed by atoms with Crippen LogP contribution in [0.1, 0.15) is 40.5 Å². The Hall–Kier alpha value is -0.850. The largest absolute Gasteiger partial charge is 0.295 e. The van der Waals surface area contributed by atoms with E-state index in [4.69, 9.17) is 0 Å². The first-order chi connectivity index (χ1) is 7.04. The van der Waals surface area contributed by atoms with Gasteiger partial charge in [-0.05, 0) is 37.2 Å². The fourth-order valence-corrected chi connectivity index (χ4v) is 2.49. The van der Waals surface area contributed by atoms with Crippen molar-refractivity contribution in [1.82, 2.24) is 0 Å². The van der Waals surface area contributed by atoms with E-state index in [1.165, 1.54) is 12.0 Å².